The summed E-state index contributed by atoms with van der Waals surface area (Å²) in [5, 5.41) is 0. The van der Waals surface area contributed by atoms with Crippen molar-refractivity contribution in [1.82, 2.24) is 4.90 Å². The topological polar surface area (TPSA) is 21.7 Å². The second kappa shape index (κ2) is 4.30. The van der Waals surface area contributed by atoms with Crippen molar-refractivity contribution >= 4 is 0 Å². The lowest BCUT2D eigenvalue weighted by Gasteiger charge is -2.10. The van der Waals surface area contributed by atoms with Crippen molar-refractivity contribution in [3.63, 3.8) is 0 Å². The number of ether oxygens (including phenoxy) is 2. The minimum absolute atomic E-state index is 0.715. The monoisotopic (exact) mass is 143 g/mol. The van der Waals surface area contributed by atoms with Crippen molar-refractivity contribution < 1.29 is 9.47 Å². The van der Waals surface area contributed by atoms with E-state index in [9.17, 15) is 0 Å². The van der Waals surface area contributed by atoms with Gasteiger partial charge in [-0.25, -0.2) is 0 Å². The van der Waals surface area contributed by atoms with Gasteiger partial charge in [-0.05, 0) is 0 Å². The predicted molar refractivity (Wildman–Crippen MR) is 38.5 cm³/mol. The molecule has 0 N–H and O–H groups in total. The van der Waals surface area contributed by atoms with E-state index < -0.39 is 0 Å². The van der Waals surface area contributed by atoms with Gasteiger partial charge in [0.1, 0.15) is 6.61 Å². The van der Waals surface area contributed by atoms with Gasteiger partial charge in [-0.3, -0.25) is 4.90 Å². The summed E-state index contributed by atoms with van der Waals surface area (Å²) in [5.74, 6) is 0. The van der Waals surface area contributed by atoms with Crippen molar-refractivity contribution in [1.29, 1.82) is 0 Å². The molecule has 0 atom stereocenters. The Kier molecular flexibility index (Phi) is 3.26. The molecular formula is C7H13NO2. The quantitative estimate of drug-likeness (QED) is 0.421. The molecule has 0 radical (unpaired) electrons. The van der Waals surface area contributed by atoms with Crippen LogP contribution in [0.3, 0.4) is 0 Å². The number of rotatable bonds is 4. The molecule has 0 aromatic rings. The van der Waals surface area contributed by atoms with Crippen LogP contribution in [-0.2, 0) is 9.47 Å². The standard InChI is InChI=1S/C7H13NO2/c1-2-9-5-3-8-4-6-10-7-8/h2H,1,3-7H2. The van der Waals surface area contributed by atoms with Crippen LogP contribution in [0.4, 0.5) is 0 Å². The zero-order chi connectivity index (χ0) is 7.23. The molecular weight excluding hydrogens is 130 g/mol. The molecule has 1 fully saturated rings. The molecule has 3 nitrogen and oxygen atoms in total. The van der Waals surface area contributed by atoms with Crippen LogP contribution in [0.1, 0.15) is 0 Å². The van der Waals surface area contributed by atoms with Crippen molar-refractivity contribution in [3.8, 4) is 0 Å². The van der Waals surface area contributed by atoms with E-state index in [1.165, 1.54) is 6.26 Å². The van der Waals surface area contributed by atoms with E-state index in [1.54, 1.807) is 0 Å². The lowest BCUT2D eigenvalue weighted by atomic mass is 10.5. The average Bonchev–Trinajstić information content (AvgIpc) is 2.41. The molecule has 0 aliphatic carbocycles. The fraction of sp³-hybridized carbons (Fsp3) is 0.714. The van der Waals surface area contributed by atoms with Crippen molar-refractivity contribution in [2.75, 3.05) is 33.0 Å². The Balaban J connectivity index is 1.96. The van der Waals surface area contributed by atoms with Crippen molar-refractivity contribution in [2.45, 2.75) is 0 Å². The van der Waals surface area contributed by atoms with Gasteiger partial charge in [0.2, 0.25) is 0 Å². The van der Waals surface area contributed by atoms with Gasteiger partial charge in [-0.1, -0.05) is 6.58 Å². The fourth-order valence-electron chi connectivity index (χ4n) is 0.893. The molecule has 3 heteroatoms. The second-order valence-electron chi connectivity index (χ2n) is 2.19. The molecule has 0 aromatic carbocycles. The SMILES string of the molecule is C=COCCN1CCOC1. The third-order valence-corrected chi connectivity index (χ3v) is 1.47. The maximum absolute atomic E-state index is 5.13. The Bertz CT molecular complexity index is 99.8. The molecule has 0 unspecified atom stereocenters. The van der Waals surface area contributed by atoms with Crippen LogP contribution in [0.2, 0.25) is 0 Å². The largest absolute Gasteiger partial charge is 0.500 e. The highest BCUT2D eigenvalue weighted by Gasteiger charge is 2.10. The molecule has 0 saturated carbocycles. The summed E-state index contributed by atoms with van der Waals surface area (Å²) in [5.41, 5.74) is 0. The van der Waals surface area contributed by atoms with Crippen LogP contribution in [0.15, 0.2) is 12.8 Å². The van der Waals surface area contributed by atoms with E-state index in [-0.39, 0.29) is 0 Å². The van der Waals surface area contributed by atoms with Gasteiger partial charge in [0.25, 0.3) is 0 Å². The third-order valence-electron chi connectivity index (χ3n) is 1.47. The summed E-state index contributed by atoms with van der Waals surface area (Å²) in [6.45, 7) is 7.74. The molecule has 58 valence electrons. The third kappa shape index (κ3) is 2.37. The summed E-state index contributed by atoms with van der Waals surface area (Å²) in [6.07, 6.45) is 1.47. The van der Waals surface area contributed by atoms with Crippen molar-refractivity contribution in [2.24, 2.45) is 0 Å². The number of hydrogen-bond acceptors (Lipinski definition) is 3. The maximum Gasteiger partial charge on any atom is 0.100 e. The molecule has 10 heavy (non-hydrogen) atoms. The zero-order valence-electron chi connectivity index (χ0n) is 6.08. The van der Waals surface area contributed by atoms with Gasteiger partial charge in [0, 0.05) is 13.1 Å². The van der Waals surface area contributed by atoms with Crippen LogP contribution >= 0.6 is 0 Å². The Hall–Kier alpha value is -0.540. The highest BCUT2D eigenvalue weighted by atomic mass is 16.5. The normalized spacial score (nSPS) is 19.2. The Morgan fingerprint density at radius 3 is 3.20 bits per heavy atom. The first-order valence-electron chi connectivity index (χ1n) is 3.46. The van der Waals surface area contributed by atoms with Gasteiger partial charge < -0.3 is 9.47 Å². The minimum Gasteiger partial charge on any atom is -0.500 e. The zero-order valence-corrected chi connectivity index (χ0v) is 6.08. The summed E-state index contributed by atoms with van der Waals surface area (Å²) in [6, 6.07) is 0. The van der Waals surface area contributed by atoms with Crippen LogP contribution in [0.5, 0.6) is 0 Å². The van der Waals surface area contributed by atoms with Gasteiger partial charge in [0.05, 0.1) is 19.6 Å². The highest BCUT2D eigenvalue weighted by molar-refractivity contribution is 4.58. The molecule has 1 rings (SSSR count). The highest BCUT2D eigenvalue weighted by Crippen LogP contribution is 1.97. The Morgan fingerprint density at radius 1 is 1.70 bits per heavy atom. The smallest absolute Gasteiger partial charge is 0.100 e. The van der Waals surface area contributed by atoms with E-state index in [0.29, 0.717) is 6.61 Å². The average molecular weight is 143 g/mol. The number of hydrogen-bond donors (Lipinski definition) is 0. The second-order valence-corrected chi connectivity index (χ2v) is 2.19. The van der Waals surface area contributed by atoms with Gasteiger partial charge in [0.15, 0.2) is 0 Å². The summed E-state index contributed by atoms with van der Waals surface area (Å²) >= 11 is 0. The van der Waals surface area contributed by atoms with E-state index in [1.807, 2.05) is 0 Å². The Labute approximate surface area is 61.2 Å². The minimum atomic E-state index is 0.715. The van der Waals surface area contributed by atoms with Crippen LogP contribution < -0.4 is 0 Å². The van der Waals surface area contributed by atoms with Gasteiger partial charge in [-0.15, -0.1) is 0 Å². The van der Waals surface area contributed by atoms with Gasteiger partial charge in [-0.2, -0.15) is 0 Å². The van der Waals surface area contributed by atoms with E-state index in [4.69, 9.17) is 9.47 Å². The molecule has 1 aliphatic heterocycles. The summed E-state index contributed by atoms with van der Waals surface area (Å²) < 4.78 is 10.1. The maximum atomic E-state index is 5.13. The van der Waals surface area contributed by atoms with Crippen LogP contribution in [-0.4, -0.2) is 37.9 Å². The molecule has 1 saturated heterocycles. The van der Waals surface area contributed by atoms with Crippen LogP contribution in [0, 0.1) is 0 Å². The molecule has 1 heterocycles. The first kappa shape index (κ1) is 7.57. The van der Waals surface area contributed by atoms with E-state index >= 15 is 0 Å². The molecule has 0 spiro atoms. The Morgan fingerprint density at radius 2 is 2.60 bits per heavy atom. The summed E-state index contributed by atoms with van der Waals surface area (Å²) in [4.78, 5) is 2.20. The van der Waals surface area contributed by atoms with E-state index in [0.717, 1.165) is 26.4 Å². The lowest BCUT2D eigenvalue weighted by molar-refractivity contribution is 0.121. The molecule has 0 aromatic heterocycles. The van der Waals surface area contributed by atoms with Gasteiger partial charge >= 0.3 is 0 Å². The summed E-state index contributed by atoms with van der Waals surface area (Å²) in [7, 11) is 0. The fourth-order valence-corrected chi connectivity index (χ4v) is 0.893. The first-order valence-corrected chi connectivity index (χ1v) is 3.46. The molecule has 0 amide bonds. The first-order chi connectivity index (χ1) is 4.93. The molecule has 0 bridgehead atoms. The number of nitrogens with zero attached hydrogens (tertiary/aromatic N) is 1. The predicted octanol–water partition coefficient (Wildman–Crippen LogP) is 0.436. The van der Waals surface area contributed by atoms with Crippen molar-refractivity contribution in [3.05, 3.63) is 12.8 Å². The molecule has 1 aliphatic rings. The van der Waals surface area contributed by atoms with Crippen LogP contribution in [0.25, 0.3) is 0 Å². The lowest BCUT2D eigenvalue weighted by Crippen LogP contribution is -2.23. The van der Waals surface area contributed by atoms with E-state index in [2.05, 4.69) is 11.5 Å².